The molecule has 154 valence electrons. The molecule has 0 unspecified atom stereocenters. The Bertz CT molecular complexity index is 1280. The summed E-state index contributed by atoms with van der Waals surface area (Å²) in [7, 11) is -0.585. The van der Waals surface area contributed by atoms with Crippen LogP contribution in [0.3, 0.4) is 0 Å². The van der Waals surface area contributed by atoms with E-state index in [1.54, 1.807) is 32.3 Å². The number of fused-ring (bicyclic) bond motifs is 1. The number of amides is 1. The van der Waals surface area contributed by atoms with Crippen LogP contribution in [-0.2, 0) is 28.9 Å². The van der Waals surface area contributed by atoms with Crippen molar-refractivity contribution in [2.45, 2.75) is 0 Å². The second-order valence-electron chi connectivity index (χ2n) is 6.52. The number of hydrogen-bond acceptors (Lipinski definition) is 4. The highest BCUT2D eigenvalue weighted by atomic mass is 35.5. The zero-order valence-electron chi connectivity index (χ0n) is 15.8. The molecule has 2 aromatic carbocycles. The SMILES string of the molecule is Cn1c(=O)n(C)c2cc(NC(=O)CN(c3ccc(F)c(Cl)c3)S(C)(=O)=O)ccc21. The number of nitrogens with zero attached hydrogens (tertiary/aromatic N) is 3. The Labute approximate surface area is 171 Å². The van der Waals surface area contributed by atoms with Gasteiger partial charge in [-0.3, -0.25) is 18.2 Å². The van der Waals surface area contributed by atoms with Crippen molar-refractivity contribution in [1.82, 2.24) is 9.13 Å². The van der Waals surface area contributed by atoms with Gasteiger partial charge in [0.25, 0.3) is 0 Å². The number of aromatic nitrogens is 2. The summed E-state index contributed by atoms with van der Waals surface area (Å²) in [5.41, 5.74) is 1.55. The molecule has 0 aliphatic rings. The van der Waals surface area contributed by atoms with Gasteiger partial charge in [0, 0.05) is 19.8 Å². The topological polar surface area (TPSA) is 93.4 Å². The number of halogens is 2. The number of carbonyl (C=O) groups is 1. The van der Waals surface area contributed by atoms with Crippen LogP contribution in [0, 0.1) is 5.82 Å². The largest absolute Gasteiger partial charge is 0.328 e. The summed E-state index contributed by atoms with van der Waals surface area (Å²) in [5, 5.41) is 2.35. The minimum Gasteiger partial charge on any atom is -0.324 e. The number of carbonyl (C=O) groups excluding carboxylic acids is 1. The first-order valence-corrected chi connectivity index (χ1v) is 10.6. The Kier molecular flexibility index (Phi) is 5.42. The first kappa shape index (κ1) is 20.9. The van der Waals surface area contributed by atoms with Crippen LogP contribution in [0.2, 0.25) is 5.02 Å². The van der Waals surface area contributed by atoms with Crippen LogP contribution in [0.15, 0.2) is 41.2 Å². The Morgan fingerprint density at radius 1 is 1.14 bits per heavy atom. The minimum absolute atomic E-state index is 0.0648. The van der Waals surface area contributed by atoms with Crippen molar-refractivity contribution in [3.63, 3.8) is 0 Å². The van der Waals surface area contributed by atoms with Crippen LogP contribution in [0.1, 0.15) is 0 Å². The highest BCUT2D eigenvalue weighted by Gasteiger charge is 2.22. The van der Waals surface area contributed by atoms with Gasteiger partial charge in [-0.05, 0) is 36.4 Å². The van der Waals surface area contributed by atoms with Crippen molar-refractivity contribution >= 4 is 49.9 Å². The number of imidazole rings is 1. The zero-order valence-corrected chi connectivity index (χ0v) is 17.4. The summed E-state index contributed by atoms with van der Waals surface area (Å²) in [4.78, 5) is 24.5. The summed E-state index contributed by atoms with van der Waals surface area (Å²) in [6.45, 7) is -0.535. The molecule has 1 aromatic heterocycles. The highest BCUT2D eigenvalue weighted by Crippen LogP contribution is 2.24. The lowest BCUT2D eigenvalue weighted by atomic mass is 10.2. The van der Waals surface area contributed by atoms with Crippen molar-refractivity contribution in [2.75, 3.05) is 22.4 Å². The lowest BCUT2D eigenvalue weighted by Gasteiger charge is -2.22. The predicted molar refractivity (Wildman–Crippen MR) is 110 cm³/mol. The van der Waals surface area contributed by atoms with Crippen LogP contribution in [0.25, 0.3) is 11.0 Å². The van der Waals surface area contributed by atoms with Crippen LogP contribution in [0.5, 0.6) is 0 Å². The molecule has 0 saturated heterocycles. The molecule has 0 atom stereocenters. The molecule has 0 spiro atoms. The number of sulfonamides is 1. The molecule has 0 aliphatic heterocycles. The lowest BCUT2D eigenvalue weighted by molar-refractivity contribution is -0.114. The van der Waals surface area contributed by atoms with E-state index >= 15 is 0 Å². The molecule has 1 N–H and O–H groups in total. The highest BCUT2D eigenvalue weighted by molar-refractivity contribution is 7.92. The van der Waals surface area contributed by atoms with Crippen molar-refractivity contribution in [2.24, 2.45) is 14.1 Å². The number of nitrogens with one attached hydrogen (secondary N) is 1. The maximum absolute atomic E-state index is 13.4. The summed E-state index contributed by atoms with van der Waals surface area (Å²) < 4.78 is 41.4. The zero-order chi connectivity index (χ0) is 21.5. The molecular weight excluding hydrogens is 423 g/mol. The Morgan fingerprint density at radius 2 is 1.79 bits per heavy atom. The maximum atomic E-state index is 13.4. The van der Waals surface area contributed by atoms with Crippen LogP contribution in [0.4, 0.5) is 15.8 Å². The third-order valence-electron chi connectivity index (χ3n) is 4.43. The van der Waals surface area contributed by atoms with Crippen molar-refractivity contribution < 1.29 is 17.6 Å². The van der Waals surface area contributed by atoms with Crippen molar-refractivity contribution in [1.29, 1.82) is 0 Å². The molecule has 3 rings (SSSR count). The number of aryl methyl sites for hydroxylation is 2. The van der Waals surface area contributed by atoms with Gasteiger partial charge in [0.2, 0.25) is 15.9 Å². The number of hydrogen-bond donors (Lipinski definition) is 1. The van der Waals surface area contributed by atoms with E-state index in [4.69, 9.17) is 11.6 Å². The van der Waals surface area contributed by atoms with E-state index in [0.29, 0.717) is 16.7 Å². The van der Waals surface area contributed by atoms with E-state index in [1.807, 2.05) is 0 Å². The fourth-order valence-corrected chi connectivity index (χ4v) is 3.98. The average Bonchev–Trinajstić information content (AvgIpc) is 2.85. The summed E-state index contributed by atoms with van der Waals surface area (Å²) in [5.74, 6) is -1.31. The summed E-state index contributed by atoms with van der Waals surface area (Å²) in [6.07, 6.45) is 0.934. The third kappa shape index (κ3) is 4.13. The van der Waals surface area contributed by atoms with Gasteiger partial charge >= 0.3 is 5.69 Å². The number of benzene rings is 2. The van der Waals surface area contributed by atoms with E-state index in [2.05, 4.69) is 5.32 Å². The van der Waals surface area contributed by atoms with Crippen LogP contribution in [-0.4, -0.2) is 36.3 Å². The summed E-state index contributed by atoms with van der Waals surface area (Å²) >= 11 is 5.73. The van der Waals surface area contributed by atoms with E-state index in [9.17, 15) is 22.4 Å². The lowest BCUT2D eigenvalue weighted by Crippen LogP contribution is -2.37. The van der Waals surface area contributed by atoms with E-state index in [-0.39, 0.29) is 16.4 Å². The first-order valence-electron chi connectivity index (χ1n) is 8.37. The number of anilines is 2. The van der Waals surface area contributed by atoms with Gasteiger partial charge in [0.1, 0.15) is 12.4 Å². The molecule has 1 heterocycles. The quantitative estimate of drug-likeness (QED) is 0.657. The van der Waals surface area contributed by atoms with E-state index < -0.39 is 28.3 Å². The molecule has 0 saturated carbocycles. The van der Waals surface area contributed by atoms with E-state index in [0.717, 1.165) is 22.7 Å². The molecule has 0 bridgehead atoms. The molecule has 3 aromatic rings. The van der Waals surface area contributed by atoms with Gasteiger partial charge in [-0.2, -0.15) is 0 Å². The van der Waals surface area contributed by atoms with Crippen molar-refractivity contribution in [3.05, 3.63) is 57.7 Å². The molecule has 29 heavy (non-hydrogen) atoms. The molecule has 0 aliphatic carbocycles. The van der Waals surface area contributed by atoms with E-state index in [1.165, 1.54) is 15.2 Å². The fraction of sp³-hybridized carbons (Fsp3) is 0.222. The standard InChI is InChI=1S/C18H18ClFN4O4S/c1-22-15-7-4-11(8-16(15)23(2)18(22)26)21-17(25)10-24(29(3,27)28)12-5-6-14(20)13(19)9-12/h4-9H,10H2,1-3H3,(H,21,25). The number of rotatable bonds is 5. The molecule has 1 amide bonds. The molecule has 8 nitrogen and oxygen atoms in total. The first-order chi connectivity index (χ1) is 13.5. The van der Waals surface area contributed by atoms with Crippen LogP contribution < -0.4 is 15.3 Å². The Morgan fingerprint density at radius 3 is 2.41 bits per heavy atom. The van der Waals surface area contributed by atoms with Gasteiger partial charge < -0.3 is 5.32 Å². The van der Waals surface area contributed by atoms with Gasteiger partial charge in [-0.1, -0.05) is 11.6 Å². The average molecular weight is 441 g/mol. The van der Waals surface area contributed by atoms with Gasteiger partial charge in [-0.15, -0.1) is 0 Å². The molecular formula is C18H18ClFN4O4S. The van der Waals surface area contributed by atoms with Gasteiger partial charge in [0.15, 0.2) is 0 Å². The fourth-order valence-electron chi connectivity index (χ4n) is 2.96. The maximum Gasteiger partial charge on any atom is 0.328 e. The monoisotopic (exact) mass is 440 g/mol. The molecule has 0 radical (unpaired) electrons. The summed E-state index contributed by atoms with van der Waals surface area (Å²) in [6, 6.07) is 8.30. The molecule has 0 fully saturated rings. The third-order valence-corrected chi connectivity index (χ3v) is 5.86. The predicted octanol–water partition coefficient (Wildman–Crippen LogP) is 2.07. The second-order valence-corrected chi connectivity index (χ2v) is 8.83. The van der Waals surface area contributed by atoms with Crippen molar-refractivity contribution in [3.8, 4) is 0 Å². The van der Waals surface area contributed by atoms with Gasteiger partial charge in [-0.25, -0.2) is 17.6 Å². The van der Waals surface area contributed by atoms with Gasteiger partial charge in [0.05, 0.1) is 28.0 Å². The second kappa shape index (κ2) is 7.53. The Hall–Kier alpha value is -2.85. The van der Waals surface area contributed by atoms with Crippen LogP contribution >= 0.6 is 11.6 Å². The molecule has 11 heteroatoms. The minimum atomic E-state index is -3.84. The Balaban J connectivity index is 1.87. The smallest absolute Gasteiger partial charge is 0.324 e. The normalized spacial score (nSPS) is 11.6.